The molecule has 5 aromatic carbocycles. The van der Waals surface area contributed by atoms with Crippen LogP contribution in [0.4, 0.5) is 0 Å². The number of aryl methyl sites for hydroxylation is 4. The average Bonchev–Trinajstić information content (AvgIpc) is 3.84. The van der Waals surface area contributed by atoms with Crippen molar-refractivity contribution in [3.05, 3.63) is 150 Å². The van der Waals surface area contributed by atoms with Gasteiger partial charge in [0.1, 0.15) is 5.65 Å². The van der Waals surface area contributed by atoms with Crippen LogP contribution in [0.1, 0.15) is 22.3 Å². The third-order valence-corrected chi connectivity index (χ3v) is 10.3. The van der Waals surface area contributed by atoms with E-state index in [-0.39, 0.29) is 21.1 Å². The van der Waals surface area contributed by atoms with Crippen LogP contribution in [0.5, 0.6) is 11.5 Å². The van der Waals surface area contributed by atoms with Crippen molar-refractivity contribution in [1.29, 1.82) is 0 Å². The maximum absolute atomic E-state index is 6.55. The van der Waals surface area contributed by atoms with E-state index in [0.717, 1.165) is 54.8 Å². The number of nitrogens with zero attached hydrogens (tertiary/aromatic N) is 5. The number of fused-ring (bicyclic) bond motifs is 12. The van der Waals surface area contributed by atoms with E-state index in [9.17, 15) is 0 Å². The molecule has 0 aliphatic heterocycles. The Balaban J connectivity index is 0.00000360. The van der Waals surface area contributed by atoms with Crippen LogP contribution in [-0.4, -0.2) is 23.8 Å². The monoisotopic (exact) mass is 852 g/mol. The Bertz CT molecular complexity index is 3030. The van der Waals surface area contributed by atoms with Crippen LogP contribution in [0.3, 0.4) is 0 Å². The second-order valence-corrected chi connectivity index (χ2v) is 13.4. The van der Waals surface area contributed by atoms with Crippen LogP contribution in [0.15, 0.2) is 116 Å². The van der Waals surface area contributed by atoms with Crippen LogP contribution in [0.2, 0.25) is 0 Å². The molecule has 10 rings (SSSR count). The van der Waals surface area contributed by atoms with Gasteiger partial charge in [0.05, 0.1) is 11.3 Å². The molecular weight excluding hydrogens is 822 g/mol. The van der Waals surface area contributed by atoms with Crippen molar-refractivity contribution in [2.24, 2.45) is 0 Å². The largest absolute Gasteiger partial charge is 2.00 e. The van der Waals surface area contributed by atoms with E-state index >= 15 is 0 Å². The van der Waals surface area contributed by atoms with E-state index in [1.165, 1.54) is 44.5 Å². The summed E-state index contributed by atoms with van der Waals surface area (Å²) in [5, 5.41) is 6.06. The standard InChI is InChI=1S/C45H31N5O.Pt/c1-26-8-5-9-27(2)39(26)35-17-18-36(40-28(3)10-6-11-29(40)4)42-41(35)33-16-14-31(25-38(33)44-47-20-22-49(42)44)51-30-13-15-32-34-12-7-19-46-43(34)50-23-21-48-45(50)37(32)24-30;/h5-23H,1-4H3;/q-2;+2. The molecule has 0 spiro atoms. The van der Waals surface area contributed by atoms with Crippen molar-refractivity contribution >= 4 is 54.8 Å². The minimum Gasteiger partial charge on any atom is -0.497 e. The van der Waals surface area contributed by atoms with Gasteiger partial charge in [-0.05, 0) is 83.5 Å². The minimum absolute atomic E-state index is 0. The number of aromatic nitrogens is 5. The fourth-order valence-electron chi connectivity index (χ4n) is 8.10. The molecule has 6 nitrogen and oxygen atoms in total. The third kappa shape index (κ3) is 4.71. The van der Waals surface area contributed by atoms with Gasteiger partial charge >= 0.3 is 21.1 Å². The average molecular weight is 853 g/mol. The van der Waals surface area contributed by atoms with E-state index < -0.39 is 0 Å². The number of ether oxygens (including phenoxy) is 1. The van der Waals surface area contributed by atoms with Crippen molar-refractivity contribution in [3.63, 3.8) is 0 Å². The molecule has 52 heavy (non-hydrogen) atoms. The van der Waals surface area contributed by atoms with E-state index in [4.69, 9.17) is 9.72 Å². The molecular formula is C45H31N5OPt. The minimum atomic E-state index is 0. The first-order valence-electron chi connectivity index (χ1n) is 17.1. The smallest absolute Gasteiger partial charge is 0.497 e. The molecule has 0 fully saturated rings. The zero-order valence-corrected chi connectivity index (χ0v) is 31.2. The van der Waals surface area contributed by atoms with Crippen LogP contribution < -0.4 is 4.74 Å². The van der Waals surface area contributed by atoms with Crippen LogP contribution in [-0.2, 0) is 21.1 Å². The van der Waals surface area contributed by atoms with E-state index in [2.05, 4.69) is 127 Å². The Morgan fingerprint density at radius 3 is 1.71 bits per heavy atom. The second-order valence-electron chi connectivity index (χ2n) is 13.4. The van der Waals surface area contributed by atoms with Gasteiger partial charge in [-0.2, -0.15) is 0 Å². The summed E-state index contributed by atoms with van der Waals surface area (Å²) in [6.45, 7) is 8.77. The fraction of sp³-hybridized carbons (Fsp3) is 0.0889. The molecule has 0 saturated heterocycles. The van der Waals surface area contributed by atoms with Gasteiger partial charge in [-0.25, -0.2) is 4.98 Å². The molecule has 5 aromatic heterocycles. The molecule has 0 radical (unpaired) electrons. The van der Waals surface area contributed by atoms with Crippen molar-refractivity contribution in [2.45, 2.75) is 27.7 Å². The SMILES string of the molecule is Cc1cccc(C)c1-c1ccc(-c2c(C)cccc2C)c2c1c1ccc(Oc3[c-]c4c(cc3)c3cccnc3n3ccnc43)[c-]c1c1nccn12.[Pt+2]. The van der Waals surface area contributed by atoms with Gasteiger partial charge in [0.2, 0.25) is 0 Å². The van der Waals surface area contributed by atoms with Crippen LogP contribution >= 0.6 is 0 Å². The molecule has 5 heterocycles. The summed E-state index contributed by atoms with van der Waals surface area (Å²) in [5.74, 6) is 1.17. The molecule has 0 atom stereocenters. The quantitative estimate of drug-likeness (QED) is 0.131. The number of benzene rings is 5. The fourth-order valence-corrected chi connectivity index (χ4v) is 8.10. The van der Waals surface area contributed by atoms with Gasteiger partial charge in [0, 0.05) is 53.6 Å². The first-order chi connectivity index (χ1) is 25.0. The van der Waals surface area contributed by atoms with E-state index in [1.807, 2.05) is 35.0 Å². The molecule has 0 amide bonds. The van der Waals surface area contributed by atoms with Crippen molar-refractivity contribution in [2.75, 3.05) is 0 Å². The molecule has 0 aliphatic carbocycles. The molecule has 252 valence electrons. The van der Waals surface area contributed by atoms with Gasteiger partial charge in [0.15, 0.2) is 0 Å². The Morgan fingerprint density at radius 2 is 1.04 bits per heavy atom. The summed E-state index contributed by atoms with van der Waals surface area (Å²) >= 11 is 0. The Kier molecular flexibility index (Phi) is 7.49. The summed E-state index contributed by atoms with van der Waals surface area (Å²) in [6.07, 6.45) is 9.47. The normalized spacial score (nSPS) is 11.7. The van der Waals surface area contributed by atoms with Gasteiger partial charge in [0.25, 0.3) is 0 Å². The molecule has 0 bridgehead atoms. The topological polar surface area (TPSA) is 56.7 Å². The number of hydrogen-bond donors (Lipinski definition) is 0. The van der Waals surface area contributed by atoms with Crippen LogP contribution in [0, 0.1) is 39.8 Å². The van der Waals surface area contributed by atoms with E-state index in [0.29, 0.717) is 11.5 Å². The second kappa shape index (κ2) is 12.1. The molecule has 7 heteroatoms. The number of hydrogen-bond acceptors (Lipinski definition) is 4. The van der Waals surface area contributed by atoms with Gasteiger partial charge < -0.3 is 13.5 Å². The maximum Gasteiger partial charge on any atom is 2.00 e. The zero-order chi connectivity index (χ0) is 34.4. The maximum atomic E-state index is 6.55. The number of pyridine rings is 3. The molecule has 10 aromatic rings. The summed E-state index contributed by atoms with van der Waals surface area (Å²) in [4.78, 5) is 14.2. The third-order valence-electron chi connectivity index (χ3n) is 10.3. The first-order valence-corrected chi connectivity index (χ1v) is 17.1. The first kappa shape index (κ1) is 32.1. The molecule has 0 unspecified atom stereocenters. The summed E-state index contributed by atoms with van der Waals surface area (Å²) in [7, 11) is 0. The van der Waals surface area contributed by atoms with Crippen LogP contribution in [0.25, 0.3) is 77.0 Å². The molecule has 0 N–H and O–H groups in total. The van der Waals surface area contributed by atoms with Crippen molar-refractivity contribution in [1.82, 2.24) is 23.8 Å². The summed E-state index contributed by atoms with van der Waals surface area (Å²) in [5.41, 5.74) is 13.4. The van der Waals surface area contributed by atoms with Gasteiger partial charge in [-0.3, -0.25) is 9.97 Å². The van der Waals surface area contributed by atoms with Crippen molar-refractivity contribution < 1.29 is 25.8 Å². The zero-order valence-electron chi connectivity index (χ0n) is 28.9. The predicted octanol–water partition coefficient (Wildman–Crippen LogP) is 10.9. The van der Waals surface area contributed by atoms with E-state index in [1.54, 1.807) is 12.4 Å². The van der Waals surface area contributed by atoms with Gasteiger partial charge in [-0.1, -0.05) is 100 Å². The summed E-state index contributed by atoms with van der Waals surface area (Å²) < 4.78 is 10.8. The van der Waals surface area contributed by atoms with Gasteiger partial charge in [-0.15, -0.1) is 12.1 Å². The number of rotatable bonds is 4. The Hall–Kier alpha value is -5.84. The Labute approximate surface area is 314 Å². The molecule has 0 saturated carbocycles. The van der Waals surface area contributed by atoms with Crippen molar-refractivity contribution in [3.8, 4) is 33.8 Å². The Morgan fingerprint density at radius 1 is 0.500 bits per heavy atom. The molecule has 0 aliphatic rings. The number of imidazole rings is 2. The summed E-state index contributed by atoms with van der Waals surface area (Å²) in [6, 6.07) is 37.0. The predicted molar refractivity (Wildman–Crippen MR) is 206 cm³/mol.